The number of benzene rings is 2. The molecular formula is C19H22ClN3O3. The molecule has 0 heterocycles. The van der Waals surface area contributed by atoms with E-state index in [2.05, 4.69) is 10.6 Å². The average Bonchev–Trinajstić information content (AvgIpc) is 2.54. The van der Waals surface area contributed by atoms with E-state index in [0.717, 1.165) is 0 Å². The summed E-state index contributed by atoms with van der Waals surface area (Å²) in [7, 11) is 0. The lowest BCUT2D eigenvalue weighted by atomic mass is 10.1. The van der Waals surface area contributed by atoms with Gasteiger partial charge >= 0.3 is 12.0 Å². The quantitative estimate of drug-likeness (QED) is 0.551. The van der Waals surface area contributed by atoms with E-state index in [4.69, 9.17) is 22.1 Å². The summed E-state index contributed by atoms with van der Waals surface area (Å²) in [5.74, 6) is -0.441. The largest absolute Gasteiger partial charge is 0.456 e. The fourth-order valence-corrected chi connectivity index (χ4v) is 2.23. The molecule has 0 unspecified atom stereocenters. The van der Waals surface area contributed by atoms with Gasteiger partial charge in [0.2, 0.25) is 0 Å². The predicted octanol–water partition coefficient (Wildman–Crippen LogP) is 4.20. The first-order chi connectivity index (χ1) is 12.1. The van der Waals surface area contributed by atoms with Crippen molar-refractivity contribution in [2.24, 2.45) is 0 Å². The topological polar surface area (TPSA) is 93.4 Å². The van der Waals surface area contributed by atoms with Gasteiger partial charge in [0, 0.05) is 22.9 Å². The minimum Gasteiger partial charge on any atom is -0.456 e. The minimum absolute atomic E-state index is 0.222. The van der Waals surface area contributed by atoms with Gasteiger partial charge in [-0.1, -0.05) is 17.7 Å². The van der Waals surface area contributed by atoms with Crippen LogP contribution in [-0.4, -0.2) is 17.6 Å². The number of amides is 2. The van der Waals surface area contributed by atoms with E-state index in [-0.39, 0.29) is 12.6 Å². The number of nitrogen functional groups attached to an aromatic ring is 1. The molecule has 7 heteroatoms. The summed E-state index contributed by atoms with van der Waals surface area (Å²) in [6.45, 7) is 5.61. The highest BCUT2D eigenvalue weighted by Crippen LogP contribution is 2.18. The van der Waals surface area contributed by atoms with Crippen LogP contribution in [0.2, 0.25) is 5.02 Å². The summed E-state index contributed by atoms with van der Waals surface area (Å²) in [6, 6.07) is 11.3. The van der Waals surface area contributed by atoms with Crippen LogP contribution in [0.15, 0.2) is 42.5 Å². The van der Waals surface area contributed by atoms with Gasteiger partial charge in [0.05, 0.1) is 5.56 Å². The number of ether oxygens (including phenoxy) is 1. The monoisotopic (exact) mass is 375 g/mol. The van der Waals surface area contributed by atoms with E-state index in [1.54, 1.807) is 63.2 Å². The number of nitrogens with one attached hydrogen (secondary N) is 2. The summed E-state index contributed by atoms with van der Waals surface area (Å²) >= 11 is 5.80. The molecule has 0 aliphatic heterocycles. The van der Waals surface area contributed by atoms with Crippen molar-refractivity contribution in [3.05, 3.63) is 58.6 Å². The Kier molecular flexibility index (Phi) is 6.10. The molecule has 0 spiro atoms. The van der Waals surface area contributed by atoms with Gasteiger partial charge in [0.1, 0.15) is 5.60 Å². The third-order valence-corrected chi connectivity index (χ3v) is 3.57. The predicted molar refractivity (Wildman–Crippen MR) is 103 cm³/mol. The van der Waals surface area contributed by atoms with Crippen LogP contribution in [0.3, 0.4) is 0 Å². The summed E-state index contributed by atoms with van der Waals surface area (Å²) in [5.41, 5.74) is 7.50. The number of urea groups is 1. The second kappa shape index (κ2) is 8.10. The molecule has 138 valence electrons. The van der Waals surface area contributed by atoms with Gasteiger partial charge in [-0.05, 0) is 62.7 Å². The molecule has 2 aromatic carbocycles. The summed E-state index contributed by atoms with van der Waals surface area (Å²) in [6.07, 6.45) is 0. The van der Waals surface area contributed by atoms with Crippen LogP contribution in [-0.2, 0) is 11.3 Å². The minimum atomic E-state index is -0.578. The molecule has 26 heavy (non-hydrogen) atoms. The molecule has 0 aliphatic rings. The van der Waals surface area contributed by atoms with Crippen molar-refractivity contribution in [3.63, 3.8) is 0 Å². The number of halogens is 1. The van der Waals surface area contributed by atoms with Gasteiger partial charge < -0.3 is 21.1 Å². The van der Waals surface area contributed by atoms with E-state index >= 15 is 0 Å². The van der Waals surface area contributed by atoms with Gasteiger partial charge in [-0.15, -0.1) is 0 Å². The molecule has 2 amide bonds. The Balaban J connectivity index is 1.94. The number of rotatable bonds is 4. The van der Waals surface area contributed by atoms with E-state index in [1.165, 1.54) is 0 Å². The molecule has 4 N–H and O–H groups in total. The van der Waals surface area contributed by atoms with Crippen LogP contribution >= 0.6 is 11.6 Å². The molecule has 2 aromatic rings. The number of nitrogens with two attached hydrogens (primary N) is 1. The lowest BCUT2D eigenvalue weighted by molar-refractivity contribution is 0.00695. The van der Waals surface area contributed by atoms with Crippen molar-refractivity contribution >= 4 is 35.0 Å². The zero-order valence-electron chi connectivity index (χ0n) is 14.9. The van der Waals surface area contributed by atoms with Crippen molar-refractivity contribution in [3.8, 4) is 0 Å². The van der Waals surface area contributed by atoms with Gasteiger partial charge in [-0.25, -0.2) is 9.59 Å². The molecule has 0 saturated heterocycles. The molecule has 0 saturated carbocycles. The molecule has 0 aliphatic carbocycles. The summed E-state index contributed by atoms with van der Waals surface area (Å²) < 4.78 is 5.31. The van der Waals surface area contributed by atoms with Crippen LogP contribution in [0.5, 0.6) is 0 Å². The number of anilines is 2. The second-order valence-electron chi connectivity index (χ2n) is 6.73. The van der Waals surface area contributed by atoms with Crippen LogP contribution in [0.4, 0.5) is 16.2 Å². The van der Waals surface area contributed by atoms with Gasteiger partial charge in [-0.2, -0.15) is 0 Å². The number of hydrogen-bond donors (Lipinski definition) is 3. The Hall–Kier alpha value is -2.73. The Morgan fingerprint density at radius 2 is 1.77 bits per heavy atom. The Bertz CT molecular complexity index is 799. The third kappa shape index (κ3) is 5.97. The number of esters is 1. The SMILES string of the molecule is CC(C)(C)OC(=O)c1ccc(CNC(=O)Nc2ccc(Cl)cc2)c(N)c1. The fourth-order valence-electron chi connectivity index (χ4n) is 2.10. The maximum atomic E-state index is 12.1. The van der Waals surface area contributed by atoms with E-state index in [9.17, 15) is 9.59 Å². The van der Waals surface area contributed by atoms with Crippen LogP contribution < -0.4 is 16.4 Å². The fraction of sp³-hybridized carbons (Fsp3) is 0.263. The highest BCUT2D eigenvalue weighted by atomic mass is 35.5. The van der Waals surface area contributed by atoms with E-state index in [0.29, 0.717) is 27.5 Å². The summed E-state index contributed by atoms with van der Waals surface area (Å²) in [5, 5.41) is 5.99. The lowest BCUT2D eigenvalue weighted by Gasteiger charge is -2.19. The van der Waals surface area contributed by atoms with Gasteiger partial charge in [-0.3, -0.25) is 0 Å². The number of carbonyl (C=O) groups is 2. The highest BCUT2D eigenvalue weighted by molar-refractivity contribution is 6.30. The highest BCUT2D eigenvalue weighted by Gasteiger charge is 2.18. The maximum absolute atomic E-state index is 12.1. The normalized spacial score (nSPS) is 10.9. The molecule has 0 bridgehead atoms. The molecule has 0 atom stereocenters. The van der Waals surface area contributed by atoms with Crippen molar-refractivity contribution in [1.82, 2.24) is 5.32 Å². The van der Waals surface area contributed by atoms with Gasteiger partial charge in [0.15, 0.2) is 0 Å². The average molecular weight is 376 g/mol. The van der Waals surface area contributed by atoms with Crippen LogP contribution in [0.1, 0.15) is 36.7 Å². The molecule has 0 fully saturated rings. The molecular weight excluding hydrogens is 354 g/mol. The van der Waals surface area contributed by atoms with Crippen LogP contribution in [0.25, 0.3) is 0 Å². The maximum Gasteiger partial charge on any atom is 0.338 e. The van der Waals surface area contributed by atoms with E-state index < -0.39 is 11.6 Å². The molecule has 0 radical (unpaired) electrons. The van der Waals surface area contributed by atoms with Crippen molar-refractivity contribution < 1.29 is 14.3 Å². The Morgan fingerprint density at radius 1 is 1.12 bits per heavy atom. The Morgan fingerprint density at radius 3 is 2.35 bits per heavy atom. The van der Waals surface area contributed by atoms with E-state index in [1.807, 2.05) is 0 Å². The summed E-state index contributed by atoms with van der Waals surface area (Å²) in [4.78, 5) is 24.0. The zero-order valence-corrected chi connectivity index (χ0v) is 15.7. The van der Waals surface area contributed by atoms with Crippen molar-refractivity contribution in [2.75, 3.05) is 11.1 Å². The van der Waals surface area contributed by atoms with Gasteiger partial charge in [0.25, 0.3) is 0 Å². The Labute approximate surface area is 157 Å². The third-order valence-electron chi connectivity index (χ3n) is 3.32. The molecule has 6 nitrogen and oxygen atoms in total. The lowest BCUT2D eigenvalue weighted by Crippen LogP contribution is -2.28. The van der Waals surface area contributed by atoms with Crippen molar-refractivity contribution in [1.29, 1.82) is 0 Å². The second-order valence-corrected chi connectivity index (χ2v) is 7.17. The molecule has 0 aromatic heterocycles. The number of carbonyl (C=O) groups excluding carboxylic acids is 2. The van der Waals surface area contributed by atoms with Crippen LogP contribution in [0, 0.1) is 0 Å². The first-order valence-corrected chi connectivity index (χ1v) is 8.44. The molecule has 2 rings (SSSR count). The standard InChI is InChI=1S/C19H22ClN3O3/c1-19(2,3)26-17(24)12-4-5-13(16(21)10-12)11-22-18(25)23-15-8-6-14(20)7-9-15/h4-10H,11,21H2,1-3H3,(H2,22,23,25). The zero-order chi connectivity index (χ0) is 19.3. The first-order valence-electron chi connectivity index (χ1n) is 8.06. The smallest absolute Gasteiger partial charge is 0.338 e. The van der Waals surface area contributed by atoms with Crippen molar-refractivity contribution in [2.45, 2.75) is 32.9 Å². The first kappa shape index (κ1) is 19.6. The number of hydrogen-bond acceptors (Lipinski definition) is 4.